The van der Waals surface area contributed by atoms with Gasteiger partial charge >= 0.3 is 11.9 Å². The Morgan fingerprint density at radius 1 is 1.21 bits per heavy atom. The van der Waals surface area contributed by atoms with Gasteiger partial charge < -0.3 is 15.0 Å². The van der Waals surface area contributed by atoms with Crippen LogP contribution >= 0.6 is 0 Å². The molecule has 2 heterocycles. The predicted octanol–water partition coefficient (Wildman–Crippen LogP) is 4.33. The Kier molecular flexibility index (Phi) is 5.53. The highest BCUT2D eigenvalue weighted by molar-refractivity contribution is 5.93. The molecule has 2 aliphatic rings. The SMILES string of the molecule is [2H]C([2H])([2H])n1c(=O)nc(N2CCOCc3c(C#CC(C)(C)NC(=O)C4(C(F)(F)F)CC4)cccc32)c2c(F)cccc21. The molecule has 1 aliphatic heterocycles. The zero-order valence-electron chi connectivity index (χ0n) is 24.1. The van der Waals surface area contributed by atoms with Crippen LogP contribution in [0.2, 0.25) is 0 Å². The third-order valence-electron chi connectivity index (χ3n) is 6.92. The van der Waals surface area contributed by atoms with Crippen molar-refractivity contribution in [1.29, 1.82) is 0 Å². The van der Waals surface area contributed by atoms with Gasteiger partial charge in [-0.3, -0.25) is 9.36 Å². The molecule has 204 valence electrons. The second kappa shape index (κ2) is 9.38. The molecule has 1 saturated carbocycles. The lowest BCUT2D eigenvalue weighted by molar-refractivity contribution is -0.192. The number of rotatable bonds is 3. The maximum absolute atomic E-state index is 15.3. The summed E-state index contributed by atoms with van der Waals surface area (Å²) in [6.07, 6.45) is -5.20. The zero-order chi connectivity index (χ0) is 30.7. The van der Waals surface area contributed by atoms with E-state index in [-0.39, 0.29) is 49.3 Å². The van der Waals surface area contributed by atoms with Crippen LogP contribution in [0.5, 0.6) is 0 Å². The molecule has 7 nitrogen and oxygen atoms in total. The molecule has 1 amide bonds. The van der Waals surface area contributed by atoms with Crippen LogP contribution in [0.15, 0.2) is 41.2 Å². The highest BCUT2D eigenvalue weighted by Gasteiger charge is 2.68. The molecule has 0 bridgehead atoms. The number of amides is 1. The van der Waals surface area contributed by atoms with Crippen molar-refractivity contribution in [3.8, 4) is 11.8 Å². The van der Waals surface area contributed by atoms with Gasteiger partial charge in [0.25, 0.3) is 0 Å². The number of nitrogens with one attached hydrogen (secondary N) is 1. The third-order valence-corrected chi connectivity index (χ3v) is 6.92. The number of alkyl halides is 3. The Hall–Kier alpha value is -3.91. The summed E-state index contributed by atoms with van der Waals surface area (Å²) in [4.78, 5) is 31.0. The molecule has 11 heteroatoms. The lowest BCUT2D eigenvalue weighted by atomic mass is 9.99. The van der Waals surface area contributed by atoms with Crippen LogP contribution in [-0.4, -0.2) is 40.3 Å². The molecular weight excluding hydrogens is 516 g/mol. The normalized spacial score (nSPS) is 18.1. The van der Waals surface area contributed by atoms with E-state index in [1.54, 1.807) is 23.1 Å². The second-order valence-corrected chi connectivity index (χ2v) is 10.1. The fourth-order valence-electron chi connectivity index (χ4n) is 4.60. The minimum Gasteiger partial charge on any atom is -0.375 e. The fraction of sp³-hybridized carbons (Fsp3) is 0.393. The van der Waals surface area contributed by atoms with Gasteiger partial charge in [-0.25, -0.2) is 9.18 Å². The van der Waals surface area contributed by atoms with Gasteiger partial charge in [0.05, 0.1) is 29.7 Å². The monoisotopic (exact) mass is 545 g/mol. The van der Waals surface area contributed by atoms with Crippen molar-refractivity contribution in [2.24, 2.45) is 12.4 Å². The summed E-state index contributed by atoms with van der Waals surface area (Å²) in [7, 11) is 0. The van der Waals surface area contributed by atoms with Gasteiger partial charge in [-0.05, 0) is 51.0 Å². The maximum atomic E-state index is 15.3. The molecule has 0 unspecified atom stereocenters. The van der Waals surface area contributed by atoms with Gasteiger partial charge in [-0.2, -0.15) is 18.2 Å². The average molecular weight is 546 g/mol. The smallest absolute Gasteiger partial charge is 0.375 e. The largest absolute Gasteiger partial charge is 0.403 e. The molecule has 1 N–H and O–H groups in total. The van der Waals surface area contributed by atoms with E-state index < -0.39 is 41.5 Å². The van der Waals surface area contributed by atoms with Crippen molar-refractivity contribution in [1.82, 2.24) is 14.9 Å². The van der Waals surface area contributed by atoms with E-state index in [0.29, 0.717) is 21.4 Å². The lowest BCUT2D eigenvalue weighted by Gasteiger charge is -2.26. The van der Waals surface area contributed by atoms with Gasteiger partial charge in [0, 0.05) is 34.4 Å². The molecule has 1 fully saturated rings. The third kappa shape index (κ3) is 4.74. The minimum atomic E-state index is -4.65. The molecule has 0 radical (unpaired) electrons. The number of benzene rings is 2. The number of carbonyl (C=O) groups excluding carboxylic acids is 1. The van der Waals surface area contributed by atoms with E-state index >= 15 is 4.39 Å². The summed E-state index contributed by atoms with van der Waals surface area (Å²) >= 11 is 0. The number of anilines is 2. The van der Waals surface area contributed by atoms with E-state index in [1.165, 1.54) is 26.0 Å². The van der Waals surface area contributed by atoms with E-state index in [9.17, 15) is 22.8 Å². The number of halogens is 4. The van der Waals surface area contributed by atoms with Crippen molar-refractivity contribution in [2.75, 3.05) is 18.1 Å². The van der Waals surface area contributed by atoms with Gasteiger partial charge in [0.2, 0.25) is 5.91 Å². The van der Waals surface area contributed by atoms with Gasteiger partial charge in [0.15, 0.2) is 5.82 Å². The number of carbonyl (C=O) groups is 1. The fourth-order valence-corrected chi connectivity index (χ4v) is 4.60. The quantitative estimate of drug-likeness (QED) is 0.392. The Morgan fingerprint density at radius 2 is 1.95 bits per heavy atom. The standard InChI is InChI=1S/C28H26F4N4O3/c1-26(2,34-24(37)27(12-13-27)28(30,31)32)11-10-17-6-4-8-20-18(17)16-39-15-14-36(20)23-22-19(29)7-5-9-21(22)35(3)25(38)33-23/h4-9H,12-16H2,1-3H3,(H,34,37)/i3D3. The maximum Gasteiger partial charge on any atom is 0.403 e. The van der Waals surface area contributed by atoms with Gasteiger partial charge in [-0.1, -0.05) is 24.0 Å². The molecule has 1 aromatic heterocycles. The first kappa shape index (κ1) is 23.0. The summed E-state index contributed by atoms with van der Waals surface area (Å²) < 4.78 is 85.0. The molecule has 2 aromatic carbocycles. The van der Waals surface area contributed by atoms with E-state index in [1.807, 2.05) is 0 Å². The van der Waals surface area contributed by atoms with Crippen LogP contribution in [0.3, 0.4) is 0 Å². The number of aryl methyl sites for hydroxylation is 1. The number of aromatic nitrogens is 2. The summed E-state index contributed by atoms with van der Waals surface area (Å²) in [6, 6.07) is 8.77. The van der Waals surface area contributed by atoms with Crippen LogP contribution in [0.25, 0.3) is 10.9 Å². The van der Waals surface area contributed by atoms with Crippen LogP contribution in [0.1, 0.15) is 41.9 Å². The molecule has 39 heavy (non-hydrogen) atoms. The number of fused-ring (bicyclic) bond motifs is 2. The van der Waals surface area contributed by atoms with E-state index in [4.69, 9.17) is 8.85 Å². The number of hydrogen-bond donors (Lipinski definition) is 1. The van der Waals surface area contributed by atoms with Crippen molar-refractivity contribution in [2.45, 2.75) is 45.0 Å². The van der Waals surface area contributed by atoms with Crippen LogP contribution in [-0.2, 0) is 23.1 Å². The molecule has 3 aromatic rings. The van der Waals surface area contributed by atoms with Crippen LogP contribution in [0, 0.1) is 23.1 Å². The molecule has 1 aliphatic carbocycles. The number of ether oxygens (including phenoxy) is 1. The summed E-state index contributed by atoms with van der Waals surface area (Å²) in [5.74, 6) is 3.77. The van der Waals surface area contributed by atoms with Crippen molar-refractivity contribution >= 4 is 28.3 Å². The first-order valence-electron chi connectivity index (χ1n) is 13.7. The number of hydrogen-bond acceptors (Lipinski definition) is 5. The molecule has 0 saturated heterocycles. The predicted molar refractivity (Wildman–Crippen MR) is 137 cm³/mol. The first-order valence-corrected chi connectivity index (χ1v) is 12.2. The van der Waals surface area contributed by atoms with E-state index in [2.05, 4.69) is 22.1 Å². The summed E-state index contributed by atoms with van der Waals surface area (Å²) in [5.41, 5.74) is -3.51. The summed E-state index contributed by atoms with van der Waals surface area (Å²) in [6.45, 7) is 0.425. The summed E-state index contributed by atoms with van der Waals surface area (Å²) in [5, 5.41) is 2.24. The second-order valence-electron chi connectivity index (χ2n) is 10.1. The topological polar surface area (TPSA) is 76.5 Å². The van der Waals surface area contributed by atoms with Gasteiger partial charge in [-0.15, -0.1) is 0 Å². The highest BCUT2D eigenvalue weighted by Crippen LogP contribution is 2.57. The zero-order valence-corrected chi connectivity index (χ0v) is 21.1. The average Bonchev–Trinajstić information content (AvgIpc) is 3.71. The molecule has 5 rings (SSSR count). The Labute approximate surface area is 226 Å². The molecular formula is C28H26F4N4O3. The lowest BCUT2D eigenvalue weighted by Crippen LogP contribution is -2.49. The highest BCUT2D eigenvalue weighted by atomic mass is 19.4. The van der Waals surface area contributed by atoms with Gasteiger partial charge in [0.1, 0.15) is 11.2 Å². The van der Waals surface area contributed by atoms with Crippen molar-refractivity contribution in [3.05, 3.63) is 63.8 Å². The molecule has 0 spiro atoms. The molecule has 0 atom stereocenters. The minimum absolute atomic E-state index is 0.0629. The van der Waals surface area contributed by atoms with Crippen LogP contribution < -0.4 is 15.9 Å². The first-order chi connectivity index (χ1) is 19.6. The van der Waals surface area contributed by atoms with Crippen molar-refractivity contribution in [3.63, 3.8) is 0 Å². The Morgan fingerprint density at radius 3 is 2.64 bits per heavy atom. The van der Waals surface area contributed by atoms with E-state index in [0.717, 1.165) is 6.07 Å². The van der Waals surface area contributed by atoms with Crippen LogP contribution in [0.4, 0.5) is 29.1 Å². The van der Waals surface area contributed by atoms with Crippen molar-refractivity contribution < 1.29 is 31.2 Å². The Balaban J connectivity index is 1.57. The Bertz CT molecular complexity index is 1700. The number of nitrogens with zero attached hydrogens (tertiary/aromatic N) is 3.